The Morgan fingerprint density at radius 3 is 2.34 bits per heavy atom. The molecule has 6 rings (SSSR count). The van der Waals surface area contributed by atoms with Gasteiger partial charge in [0.1, 0.15) is 29.9 Å². The molecule has 3 aliphatic rings. The Bertz CT molecular complexity index is 2150. The minimum Gasteiger partial charge on any atom is -0.394 e. The summed E-state index contributed by atoms with van der Waals surface area (Å²) in [6.45, 7) is 16.3. The maximum Gasteiger partial charge on any atom is 0.189 e. The molecule has 1 saturated heterocycles. The van der Waals surface area contributed by atoms with Crippen molar-refractivity contribution in [3.8, 4) is 0 Å². The Balaban J connectivity index is 1.27. The fourth-order valence-corrected chi connectivity index (χ4v) is 9.36. The van der Waals surface area contributed by atoms with Crippen LogP contribution in [-0.2, 0) is 16.0 Å². The summed E-state index contributed by atoms with van der Waals surface area (Å²) in [6, 6.07) is 6.40. The molecular weight excluding hydrogens is 709 g/mol. The molecule has 0 spiro atoms. The summed E-state index contributed by atoms with van der Waals surface area (Å²) in [6.07, 6.45) is 1.49. The monoisotopic (exact) mass is 758 g/mol. The Morgan fingerprint density at radius 2 is 1.62 bits per heavy atom. The average Bonchev–Trinajstić information content (AvgIpc) is 3.84. The van der Waals surface area contributed by atoms with E-state index in [1.807, 2.05) is 6.08 Å². The van der Waals surface area contributed by atoms with E-state index >= 15 is 0 Å². The minimum atomic E-state index is -1.39. The fourth-order valence-electron chi connectivity index (χ4n) is 7.29. The van der Waals surface area contributed by atoms with E-state index in [-0.39, 0.29) is 5.12 Å². The number of hydrogen-bond donors (Lipinski definition) is 6. The lowest BCUT2D eigenvalue weighted by Crippen LogP contribution is -2.57. The van der Waals surface area contributed by atoms with E-state index in [2.05, 4.69) is 82.4 Å². The Morgan fingerprint density at radius 1 is 0.906 bits per heavy atom. The number of nitrogens with zero attached hydrogens (tertiary/aromatic N) is 2. The number of aromatic amines is 2. The molecule has 282 valence electrons. The number of ether oxygens (including phenoxy) is 1. The van der Waals surface area contributed by atoms with Gasteiger partial charge in [0.15, 0.2) is 5.12 Å². The molecule has 8 bridgehead atoms. The third-order valence-electron chi connectivity index (χ3n) is 10.6. The number of hydrogen-bond acceptors (Lipinski definition) is 10. The summed E-state index contributed by atoms with van der Waals surface area (Å²) in [5, 5.41) is 39.9. The molecule has 6 N–H and O–H groups in total. The topological polar surface area (TPSA) is 165 Å². The SMILES string of the molecule is C=Cc1c(C)c2cc3nc(c(C)c4nc(cc5[nH]c(cc1[nH]2)c(C)c5CC)C(C)=C4)C(CCC(=O)SCCCS[C@@H]1O[C@H](CO)[C@@H](O)[C@H](O)[C@H]1O)=C3C. The number of aromatic nitrogens is 4. The molecule has 0 aliphatic carbocycles. The van der Waals surface area contributed by atoms with Crippen LogP contribution in [0, 0.1) is 20.8 Å². The number of H-pyrrole nitrogens is 2. The van der Waals surface area contributed by atoms with Crippen LogP contribution in [0.3, 0.4) is 0 Å². The van der Waals surface area contributed by atoms with Crippen LogP contribution in [-0.4, -0.2) is 93.4 Å². The van der Waals surface area contributed by atoms with Crippen LogP contribution >= 0.6 is 23.5 Å². The van der Waals surface area contributed by atoms with E-state index in [0.717, 1.165) is 84.7 Å². The first-order valence-electron chi connectivity index (χ1n) is 18.2. The summed E-state index contributed by atoms with van der Waals surface area (Å²) < 4.78 is 5.58. The van der Waals surface area contributed by atoms with Crippen molar-refractivity contribution >= 4 is 79.6 Å². The largest absolute Gasteiger partial charge is 0.394 e. The zero-order valence-corrected chi connectivity index (χ0v) is 32.9. The number of carbonyl (C=O) groups excluding carboxylic acids is 1. The zero-order chi connectivity index (χ0) is 38.1. The molecule has 6 heterocycles. The number of aryl methyl sites for hydroxylation is 3. The van der Waals surface area contributed by atoms with Gasteiger partial charge in [-0.25, -0.2) is 9.97 Å². The highest BCUT2D eigenvalue weighted by Crippen LogP contribution is 2.38. The van der Waals surface area contributed by atoms with Crippen LogP contribution in [0.5, 0.6) is 0 Å². The van der Waals surface area contributed by atoms with Crippen molar-refractivity contribution in [2.24, 2.45) is 0 Å². The maximum atomic E-state index is 13.2. The van der Waals surface area contributed by atoms with Gasteiger partial charge in [0.2, 0.25) is 0 Å². The first-order valence-corrected chi connectivity index (χ1v) is 20.2. The van der Waals surface area contributed by atoms with Crippen LogP contribution in [0.2, 0.25) is 0 Å². The van der Waals surface area contributed by atoms with E-state index in [9.17, 15) is 25.2 Å². The van der Waals surface area contributed by atoms with Gasteiger partial charge < -0.3 is 35.1 Å². The number of nitrogens with one attached hydrogen (secondary N) is 2. The molecule has 0 amide bonds. The number of carbonyl (C=O) groups is 1. The van der Waals surface area contributed by atoms with E-state index < -0.39 is 36.5 Å². The average molecular weight is 759 g/mol. The Hall–Kier alpha value is -3.49. The number of rotatable bonds is 11. The van der Waals surface area contributed by atoms with Crippen molar-refractivity contribution in [3.05, 3.63) is 75.4 Å². The molecule has 0 unspecified atom stereocenters. The summed E-state index contributed by atoms with van der Waals surface area (Å²) in [5.74, 6) is 1.17. The molecule has 3 aliphatic heterocycles. The van der Waals surface area contributed by atoms with Crippen molar-refractivity contribution < 1.29 is 30.0 Å². The molecule has 3 aromatic heterocycles. The van der Waals surface area contributed by atoms with Gasteiger partial charge in [-0.1, -0.05) is 31.3 Å². The predicted octanol–water partition coefficient (Wildman–Crippen LogP) is 6.90. The molecule has 0 aromatic carbocycles. The van der Waals surface area contributed by atoms with Gasteiger partial charge >= 0.3 is 0 Å². The van der Waals surface area contributed by atoms with Gasteiger partial charge in [0.05, 0.1) is 29.4 Å². The molecule has 53 heavy (non-hydrogen) atoms. The summed E-state index contributed by atoms with van der Waals surface area (Å²) >= 11 is 2.58. The zero-order valence-electron chi connectivity index (χ0n) is 31.2. The predicted molar refractivity (Wildman–Crippen MR) is 218 cm³/mol. The second-order valence-corrected chi connectivity index (χ2v) is 16.3. The standard InChI is InChI=1S/C41H50N4O6S2/c1-8-25-22(5)31-18-34-26(9-2)21(4)30(43-34)17-32-23(6)27(37(45-32)24(7)29-15-20(3)28(42-29)16-33(25)44-31)11-12-36(47)52-13-10-14-53-41-40(50)39(49)38(48)35(19-46)51-41/h9,15-18,35,38-41,43-44,46,48-50H,2,8,10-14,19H2,1,3-7H3/t35-,38-,39+,40-,41+/m1/s1. The molecule has 5 atom stereocenters. The summed E-state index contributed by atoms with van der Waals surface area (Å²) in [5.41, 5.74) is 15.4. The quantitative estimate of drug-likeness (QED) is 0.113. The van der Waals surface area contributed by atoms with Gasteiger partial charge in [0, 0.05) is 45.4 Å². The van der Waals surface area contributed by atoms with Crippen molar-refractivity contribution in [1.82, 2.24) is 19.9 Å². The Kier molecular flexibility index (Phi) is 12.2. The van der Waals surface area contributed by atoms with E-state index in [1.54, 1.807) is 0 Å². The first-order chi connectivity index (χ1) is 25.4. The second-order valence-electron chi connectivity index (χ2n) is 14.0. The van der Waals surface area contributed by atoms with E-state index in [4.69, 9.17) is 14.7 Å². The number of aliphatic hydroxyl groups excluding tert-OH is 4. The highest BCUT2D eigenvalue weighted by atomic mass is 32.2. The number of thioether (sulfide) groups is 2. The van der Waals surface area contributed by atoms with Gasteiger partial charge in [-0.05, 0) is 117 Å². The minimum absolute atomic E-state index is 0.0818. The number of fused-ring (bicyclic) bond motifs is 8. The van der Waals surface area contributed by atoms with Gasteiger partial charge in [-0.2, -0.15) is 0 Å². The van der Waals surface area contributed by atoms with Crippen LogP contribution in [0.1, 0.15) is 90.6 Å². The smallest absolute Gasteiger partial charge is 0.189 e. The molecule has 1 fully saturated rings. The van der Waals surface area contributed by atoms with Crippen LogP contribution in [0.25, 0.3) is 50.9 Å². The third kappa shape index (κ3) is 7.86. The Labute approximate surface area is 318 Å². The molecule has 0 saturated carbocycles. The highest BCUT2D eigenvalue weighted by Gasteiger charge is 2.43. The maximum absolute atomic E-state index is 13.2. The van der Waals surface area contributed by atoms with E-state index in [1.165, 1.54) is 34.7 Å². The van der Waals surface area contributed by atoms with Crippen molar-refractivity contribution in [3.63, 3.8) is 0 Å². The second kappa shape index (κ2) is 16.5. The van der Waals surface area contributed by atoms with E-state index in [0.29, 0.717) is 30.8 Å². The van der Waals surface area contributed by atoms with Crippen molar-refractivity contribution in [1.29, 1.82) is 0 Å². The number of aliphatic hydroxyl groups is 4. The lowest BCUT2D eigenvalue weighted by Gasteiger charge is -2.39. The lowest BCUT2D eigenvalue weighted by atomic mass is 9.98. The summed E-state index contributed by atoms with van der Waals surface area (Å²) in [4.78, 5) is 30.8. The molecule has 12 heteroatoms. The number of allylic oxidation sites excluding steroid dienone is 3. The molecule has 0 radical (unpaired) electrons. The van der Waals surface area contributed by atoms with Crippen LogP contribution in [0.4, 0.5) is 0 Å². The van der Waals surface area contributed by atoms with Gasteiger partial charge in [-0.3, -0.25) is 4.79 Å². The summed E-state index contributed by atoms with van der Waals surface area (Å²) in [7, 11) is 0. The van der Waals surface area contributed by atoms with Crippen molar-refractivity contribution in [2.45, 2.75) is 97.1 Å². The van der Waals surface area contributed by atoms with Crippen molar-refractivity contribution in [2.75, 3.05) is 18.1 Å². The molecule has 10 nitrogen and oxygen atoms in total. The third-order valence-corrected chi connectivity index (χ3v) is 12.8. The normalized spacial score (nSPS) is 21.6. The first kappa shape index (κ1) is 39.2. The van der Waals surface area contributed by atoms with Gasteiger partial charge in [-0.15, -0.1) is 11.8 Å². The van der Waals surface area contributed by atoms with Crippen LogP contribution in [0.15, 0.2) is 24.8 Å². The highest BCUT2D eigenvalue weighted by molar-refractivity contribution is 8.13. The molecule has 3 aromatic rings. The lowest BCUT2D eigenvalue weighted by molar-refractivity contribution is -0.205. The van der Waals surface area contributed by atoms with Gasteiger partial charge in [0.25, 0.3) is 0 Å². The van der Waals surface area contributed by atoms with Crippen LogP contribution < -0.4 is 0 Å². The fraction of sp³-hybridized carbons (Fsp3) is 0.439. The molecular formula is C41H50N4O6S2.